The van der Waals surface area contributed by atoms with Crippen LogP contribution in [0.15, 0.2) is 12.1 Å². The third-order valence-electron chi connectivity index (χ3n) is 2.97. The summed E-state index contributed by atoms with van der Waals surface area (Å²) in [6.45, 7) is 13.3. The number of aryl methyl sites for hydroxylation is 2. The Morgan fingerprint density at radius 3 is 2.35 bits per heavy atom. The van der Waals surface area contributed by atoms with E-state index < -0.39 is 0 Å². The van der Waals surface area contributed by atoms with Gasteiger partial charge in [-0.1, -0.05) is 20.8 Å². The largest absolute Gasteiger partial charge is 0.370 e. The molecule has 108 valence electrons. The first kappa shape index (κ1) is 14.5. The summed E-state index contributed by atoms with van der Waals surface area (Å²) in [5, 5.41) is 7.77. The lowest BCUT2D eigenvalue weighted by molar-refractivity contribution is 0.542. The summed E-state index contributed by atoms with van der Waals surface area (Å²) >= 11 is 0. The molecule has 0 saturated carbocycles. The van der Waals surface area contributed by atoms with E-state index in [2.05, 4.69) is 48.1 Å². The van der Waals surface area contributed by atoms with Gasteiger partial charge in [0.2, 0.25) is 0 Å². The molecule has 20 heavy (non-hydrogen) atoms. The van der Waals surface area contributed by atoms with Crippen molar-refractivity contribution in [2.45, 2.75) is 47.0 Å². The normalized spacial score (nSPS) is 11.7. The predicted molar refractivity (Wildman–Crippen MR) is 81.5 cm³/mol. The van der Waals surface area contributed by atoms with Gasteiger partial charge in [-0.2, -0.15) is 5.10 Å². The molecule has 0 fully saturated rings. The Hall–Kier alpha value is -1.91. The highest BCUT2D eigenvalue weighted by atomic mass is 15.3. The van der Waals surface area contributed by atoms with Crippen LogP contribution in [0.2, 0.25) is 0 Å². The zero-order valence-electron chi connectivity index (χ0n) is 13.2. The molecule has 0 aliphatic carbocycles. The lowest BCUT2D eigenvalue weighted by Crippen LogP contribution is -2.19. The molecule has 0 unspecified atom stereocenters. The van der Waals surface area contributed by atoms with Gasteiger partial charge in [0.15, 0.2) is 5.82 Å². The molecule has 0 aliphatic heterocycles. The van der Waals surface area contributed by atoms with Crippen LogP contribution < -0.4 is 5.32 Å². The van der Waals surface area contributed by atoms with Crippen LogP contribution in [-0.2, 0) is 5.41 Å². The third-order valence-corrected chi connectivity index (χ3v) is 2.97. The van der Waals surface area contributed by atoms with Crippen molar-refractivity contribution in [2.75, 3.05) is 11.9 Å². The van der Waals surface area contributed by atoms with Gasteiger partial charge in [0.1, 0.15) is 11.6 Å². The number of anilines is 1. The predicted octanol–water partition coefficient (Wildman–Crippen LogP) is 3.01. The van der Waals surface area contributed by atoms with Gasteiger partial charge in [0, 0.05) is 23.7 Å². The van der Waals surface area contributed by atoms with Gasteiger partial charge < -0.3 is 5.32 Å². The van der Waals surface area contributed by atoms with Crippen LogP contribution in [0.5, 0.6) is 0 Å². The van der Waals surface area contributed by atoms with Crippen molar-refractivity contribution < 1.29 is 0 Å². The van der Waals surface area contributed by atoms with Crippen LogP contribution in [0.4, 0.5) is 5.82 Å². The Labute approximate surface area is 120 Å². The Kier molecular flexibility index (Phi) is 3.79. The molecular weight excluding hydrogens is 250 g/mol. The number of rotatable bonds is 3. The van der Waals surface area contributed by atoms with Crippen molar-refractivity contribution in [3.8, 4) is 5.82 Å². The Bertz CT molecular complexity index is 607. The minimum atomic E-state index is -0.101. The van der Waals surface area contributed by atoms with Crippen molar-refractivity contribution in [3.05, 3.63) is 29.3 Å². The summed E-state index contributed by atoms with van der Waals surface area (Å²) in [6, 6.07) is 3.99. The summed E-state index contributed by atoms with van der Waals surface area (Å²) in [5.74, 6) is 2.47. The van der Waals surface area contributed by atoms with Gasteiger partial charge >= 0.3 is 0 Å². The lowest BCUT2D eigenvalue weighted by atomic mass is 9.96. The van der Waals surface area contributed by atoms with Crippen LogP contribution in [0.1, 0.15) is 44.9 Å². The van der Waals surface area contributed by atoms with Gasteiger partial charge in [-0.3, -0.25) is 0 Å². The molecule has 0 bridgehead atoms. The van der Waals surface area contributed by atoms with Crippen LogP contribution in [0.3, 0.4) is 0 Å². The maximum atomic E-state index is 4.68. The highest BCUT2D eigenvalue weighted by Crippen LogP contribution is 2.22. The van der Waals surface area contributed by atoms with E-state index in [1.165, 1.54) is 0 Å². The molecule has 2 aromatic rings. The zero-order chi connectivity index (χ0) is 14.9. The van der Waals surface area contributed by atoms with E-state index in [0.717, 1.165) is 35.4 Å². The Balaban J connectivity index is 2.57. The van der Waals surface area contributed by atoms with Gasteiger partial charge in [-0.05, 0) is 26.8 Å². The van der Waals surface area contributed by atoms with Crippen molar-refractivity contribution in [3.63, 3.8) is 0 Å². The van der Waals surface area contributed by atoms with E-state index in [1.807, 2.05) is 30.7 Å². The fourth-order valence-corrected chi connectivity index (χ4v) is 2.01. The molecule has 0 atom stereocenters. The molecular formula is C15H23N5. The van der Waals surface area contributed by atoms with Crippen LogP contribution in [-0.4, -0.2) is 26.3 Å². The summed E-state index contributed by atoms with van der Waals surface area (Å²) < 4.78 is 1.87. The summed E-state index contributed by atoms with van der Waals surface area (Å²) in [5.41, 5.74) is 1.96. The van der Waals surface area contributed by atoms with E-state index in [9.17, 15) is 0 Å². The quantitative estimate of drug-likeness (QED) is 0.934. The molecule has 2 aromatic heterocycles. The van der Waals surface area contributed by atoms with E-state index in [0.29, 0.717) is 0 Å². The van der Waals surface area contributed by atoms with Crippen LogP contribution >= 0.6 is 0 Å². The molecule has 1 N–H and O–H groups in total. The average Bonchev–Trinajstić information content (AvgIpc) is 2.67. The minimum Gasteiger partial charge on any atom is -0.370 e. The SMILES string of the molecule is CCNc1cc(-n2nc(C)cc2C)nc(C(C)(C)C)n1. The van der Waals surface area contributed by atoms with Crippen LogP contribution in [0.25, 0.3) is 5.82 Å². The Morgan fingerprint density at radius 1 is 1.15 bits per heavy atom. The molecule has 5 heteroatoms. The van der Waals surface area contributed by atoms with Gasteiger partial charge in [-0.25, -0.2) is 14.6 Å². The number of nitrogens with zero attached hydrogens (tertiary/aromatic N) is 4. The van der Waals surface area contributed by atoms with Gasteiger partial charge in [0.05, 0.1) is 5.69 Å². The zero-order valence-corrected chi connectivity index (χ0v) is 13.2. The first-order valence-corrected chi connectivity index (χ1v) is 6.98. The second-order valence-corrected chi connectivity index (χ2v) is 6.05. The minimum absolute atomic E-state index is 0.101. The maximum Gasteiger partial charge on any atom is 0.159 e. The average molecular weight is 273 g/mol. The molecule has 0 amide bonds. The Morgan fingerprint density at radius 2 is 1.85 bits per heavy atom. The number of nitrogens with one attached hydrogen (secondary N) is 1. The smallest absolute Gasteiger partial charge is 0.159 e. The second kappa shape index (κ2) is 5.23. The standard InChI is InChI=1S/C15H23N5/c1-7-16-12-9-13(18-14(17-12)15(4,5)6)20-11(3)8-10(2)19-20/h8-9H,7H2,1-6H3,(H,16,17,18). The van der Waals surface area contributed by atoms with Crippen molar-refractivity contribution >= 4 is 5.82 Å². The van der Waals surface area contributed by atoms with E-state index in [4.69, 9.17) is 0 Å². The van der Waals surface area contributed by atoms with Crippen LogP contribution in [0, 0.1) is 13.8 Å². The molecule has 0 aromatic carbocycles. The fourth-order valence-electron chi connectivity index (χ4n) is 2.01. The molecule has 2 rings (SSSR count). The highest BCUT2D eigenvalue weighted by molar-refractivity contribution is 5.43. The maximum absolute atomic E-state index is 4.68. The lowest BCUT2D eigenvalue weighted by Gasteiger charge is -2.19. The van der Waals surface area contributed by atoms with E-state index in [1.54, 1.807) is 0 Å². The summed E-state index contributed by atoms with van der Waals surface area (Å²) in [7, 11) is 0. The van der Waals surface area contributed by atoms with Crippen molar-refractivity contribution in [2.24, 2.45) is 0 Å². The topological polar surface area (TPSA) is 55.6 Å². The third kappa shape index (κ3) is 2.98. The highest BCUT2D eigenvalue weighted by Gasteiger charge is 2.20. The second-order valence-electron chi connectivity index (χ2n) is 6.05. The molecule has 0 saturated heterocycles. The molecule has 0 aliphatic rings. The number of aromatic nitrogens is 4. The molecule has 0 radical (unpaired) electrons. The monoisotopic (exact) mass is 273 g/mol. The molecule has 0 spiro atoms. The summed E-state index contributed by atoms with van der Waals surface area (Å²) in [6.07, 6.45) is 0. The number of hydrogen-bond donors (Lipinski definition) is 1. The number of hydrogen-bond acceptors (Lipinski definition) is 4. The first-order valence-electron chi connectivity index (χ1n) is 6.98. The summed E-state index contributed by atoms with van der Waals surface area (Å²) in [4.78, 5) is 9.27. The van der Waals surface area contributed by atoms with E-state index >= 15 is 0 Å². The van der Waals surface area contributed by atoms with Crippen molar-refractivity contribution in [1.82, 2.24) is 19.7 Å². The molecule has 5 nitrogen and oxygen atoms in total. The van der Waals surface area contributed by atoms with E-state index in [-0.39, 0.29) is 5.41 Å². The fraction of sp³-hybridized carbons (Fsp3) is 0.533. The van der Waals surface area contributed by atoms with Crippen molar-refractivity contribution in [1.29, 1.82) is 0 Å². The van der Waals surface area contributed by atoms with Gasteiger partial charge in [0.25, 0.3) is 0 Å². The van der Waals surface area contributed by atoms with Gasteiger partial charge in [-0.15, -0.1) is 0 Å². The molecule has 2 heterocycles. The first-order chi connectivity index (χ1) is 9.31.